The molecule has 7 rings (SSSR count). The van der Waals surface area contributed by atoms with Gasteiger partial charge in [-0.05, 0) is 53.4 Å². The number of nitrogens with zero attached hydrogens (tertiary/aromatic N) is 2. The van der Waals surface area contributed by atoms with Crippen LogP contribution in [0.25, 0.3) is 55.6 Å². The van der Waals surface area contributed by atoms with E-state index in [0.717, 1.165) is 62.0 Å². The fourth-order valence-electron chi connectivity index (χ4n) is 6.30. The van der Waals surface area contributed by atoms with Gasteiger partial charge >= 0.3 is 0 Å². The first-order chi connectivity index (χ1) is 22.9. The molecule has 0 spiro atoms. The third kappa shape index (κ3) is 8.19. The molecule has 3 aromatic heterocycles. The molecule has 4 aromatic carbocycles. The predicted molar refractivity (Wildman–Crippen MR) is 205 cm³/mol. The van der Waals surface area contributed by atoms with Gasteiger partial charge in [-0.25, -0.2) is 0 Å². The van der Waals surface area contributed by atoms with E-state index in [9.17, 15) is 0 Å². The van der Waals surface area contributed by atoms with Crippen molar-refractivity contribution in [1.29, 1.82) is 0 Å². The number of fused-ring (bicyclic) bond motifs is 3. The van der Waals surface area contributed by atoms with Crippen molar-refractivity contribution >= 4 is 35.2 Å². The molecule has 3 nitrogen and oxygen atoms in total. The van der Waals surface area contributed by atoms with E-state index in [0.29, 0.717) is 0 Å². The van der Waals surface area contributed by atoms with Crippen molar-refractivity contribution in [2.24, 2.45) is 5.41 Å². The second-order valence-corrected chi connectivity index (χ2v) is 19.9. The van der Waals surface area contributed by atoms with Gasteiger partial charge in [0.2, 0.25) is 0 Å². The number of furan rings is 1. The summed E-state index contributed by atoms with van der Waals surface area (Å²) in [6.07, 6.45) is 5.03. The van der Waals surface area contributed by atoms with Gasteiger partial charge < -0.3 is 14.4 Å². The van der Waals surface area contributed by atoms with Gasteiger partial charge in [0, 0.05) is 43.4 Å². The van der Waals surface area contributed by atoms with Crippen LogP contribution in [0.5, 0.6) is 0 Å². The monoisotopic (exact) mass is 837 g/mol. The third-order valence-corrected chi connectivity index (χ3v) is 10.8. The summed E-state index contributed by atoms with van der Waals surface area (Å²) in [6.45, 7) is 18.2. The number of aryl methyl sites for hydroxylation is 2. The summed E-state index contributed by atoms with van der Waals surface area (Å²) in [5.74, 6) is 0. The molecule has 0 atom stereocenters. The molecule has 0 N–H and O–H groups in total. The van der Waals surface area contributed by atoms with Crippen LogP contribution in [0.4, 0.5) is 0 Å². The largest absolute Gasteiger partial charge is 0.500 e. The first-order valence-electron chi connectivity index (χ1n) is 16.7. The van der Waals surface area contributed by atoms with Gasteiger partial charge in [-0.2, -0.15) is 0 Å². The fourth-order valence-corrected chi connectivity index (χ4v) is 8.01. The molecule has 0 fully saturated rings. The molecule has 49 heavy (non-hydrogen) atoms. The standard InChI is InChI=1S/C29H26NO.C15H18NSi.Ir/c1-19-18-30-26(16-21(19)17-29(2,3)4)25-15-9-14-24-23-13-8-12-22(27(23)31-28(24)25)20-10-6-5-7-11-20;1-12-10-14(13-8-6-5-7-9-13)16-11-15(12)17(2,3)4;/h5-14,16,18H,17H2,1-4H3;5-8,10-11H,1-4H3;/q2*-1;. The van der Waals surface area contributed by atoms with E-state index < -0.39 is 8.07 Å². The van der Waals surface area contributed by atoms with Gasteiger partial charge in [-0.1, -0.05) is 123 Å². The normalized spacial score (nSPS) is 11.6. The van der Waals surface area contributed by atoms with Crippen molar-refractivity contribution in [3.05, 3.63) is 138 Å². The summed E-state index contributed by atoms with van der Waals surface area (Å²) in [7, 11) is -1.27. The van der Waals surface area contributed by atoms with E-state index in [1.54, 1.807) is 0 Å². The van der Waals surface area contributed by atoms with Crippen LogP contribution in [0.15, 0.2) is 114 Å². The minimum Gasteiger partial charge on any atom is -0.500 e. The zero-order chi connectivity index (χ0) is 34.1. The summed E-state index contributed by atoms with van der Waals surface area (Å²) >= 11 is 0. The maximum absolute atomic E-state index is 6.52. The minimum atomic E-state index is -1.27. The van der Waals surface area contributed by atoms with E-state index >= 15 is 0 Å². The van der Waals surface area contributed by atoms with Gasteiger partial charge in [0.25, 0.3) is 0 Å². The number of para-hydroxylation sites is 1. The Hall–Kier alpha value is -4.15. The smallest absolute Gasteiger partial charge is 0.128 e. The molecule has 0 amide bonds. The van der Waals surface area contributed by atoms with Crippen LogP contribution in [0.2, 0.25) is 19.6 Å². The summed E-state index contributed by atoms with van der Waals surface area (Å²) < 4.78 is 6.52. The summed E-state index contributed by atoms with van der Waals surface area (Å²) in [5.41, 5.74) is 12.0. The molecule has 251 valence electrons. The van der Waals surface area contributed by atoms with Crippen LogP contribution in [-0.2, 0) is 26.5 Å². The Bertz CT molecular complexity index is 2190. The number of hydrogen-bond acceptors (Lipinski definition) is 3. The van der Waals surface area contributed by atoms with Gasteiger partial charge in [0.05, 0.1) is 13.7 Å². The van der Waals surface area contributed by atoms with Crippen molar-refractivity contribution in [3.8, 4) is 33.6 Å². The van der Waals surface area contributed by atoms with Crippen LogP contribution < -0.4 is 5.19 Å². The average molecular weight is 837 g/mol. The SMILES string of the molecule is Cc1cc(-c2[c-]cccc2)ncc1[Si](C)(C)C.Cc1cnc(-c2[c-]ccc3c2oc2c(-c4ccccc4)cccc23)cc1CC(C)(C)C.[Ir]. The Balaban J connectivity index is 0.000000221. The fraction of sp³-hybridized carbons (Fsp3) is 0.227. The Labute approximate surface area is 306 Å². The quantitative estimate of drug-likeness (QED) is 0.128. The zero-order valence-electron chi connectivity index (χ0n) is 29.7. The van der Waals surface area contributed by atoms with Crippen LogP contribution in [0.1, 0.15) is 37.5 Å². The minimum absolute atomic E-state index is 0. The molecule has 0 bridgehead atoms. The van der Waals surface area contributed by atoms with Gasteiger partial charge in [0.15, 0.2) is 0 Å². The van der Waals surface area contributed by atoms with Crippen molar-refractivity contribution in [3.63, 3.8) is 0 Å². The molecule has 0 saturated heterocycles. The average Bonchev–Trinajstić information content (AvgIpc) is 3.45. The third-order valence-electron chi connectivity index (χ3n) is 8.64. The van der Waals surface area contributed by atoms with E-state index in [1.165, 1.54) is 21.9 Å². The predicted octanol–water partition coefficient (Wildman–Crippen LogP) is 11.4. The topological polar surface area (TPSA) is 38.9 Å². The van der Waals surface area contributed by atoms with Gasteiger partial charge in [-0.3, -0.25) is 0 Å². The maximum atomic E-state index is 6.52. The van der Waals surface area contributed by atoms with E-state index in [1.807, 2.05) is 36.5 Å². The van der Waals surface area contributed by atoms with E-state index in [-0.39, 0.29) is 25.5 Å². The molecule has 0 unspecified atom stereocenters. The summed E-state index contributed by atoms with van der Waals surface area (Å²) in [6, 6.07) is 39.8. The van der Waals surface area contributed by atoms with Crippen molar-refractivity contribution in [2.45, 2.75) is 60.7 Å². The first kappa shape index (κ1) is 36.1. The van der Waals surface area contributed by atoms with Crippen LogP contribution in [0, 0.1) is 31.4 Å². The summed E-state index contributed by atoms with van der Waals surface area (Å²) in [5, 5.41) is 3.66. The van der Waals surface area contributed by atoms with Crippen LogP contribution >= 0.6 is 0 Å². The number of benzene rings is 4. The number of rotatable bonds is 5. The Morgan fingerprint density at radius 2 is 1.41 bits per heavy atom. The van der Waals surface area contributed by atoms with Gasteiger partial charge in [-0.15, -0.1) is 54.1 Å². The molecule has 1 radical (unpaired) electrons. The van der Waals surface area contributed by atoms with Gasteiger partial charge in [0.1, 0.15) is 5.58 Å². The van der Waals surface area contributed by atoms with Crippen molar-refractivity contribution in [1.82, 2.24) is 9.97 Å². The number of aromatic nitrogens is 2. The van der Waals surface area contributed by atoms with Crippen LogP contribution in [-0.4, -0.2) is 18.0 Å². The molecule has 0 aliphatic rings. The molecule has 0 aliphatic heterocycles. The van der Waals surface area contributed by atoms with E-state index in [4.69, 9.17) is 9.40 Å². The van der Waals surface area contributed by atoms with E-state index in [2.05, 4.69) is 144 Å². The Kier molecular flexibility index (Phi) is 10.9. The number of hydrogen-bond donors (Lipinski definition) is 0. The second kappa shape index (κ2) is 14.8. The summed E-state index contributed by atoms with van der Waals surface area (Å²) in [4.78, 5) is 9.33. The maximum Gasteiger partial charge on any atom is 0.128 e. The second-order valence-electron chi connectivity index (χ2n) is 14.9. The molecule has 5 heteroatoms. The Morgan fingerprint density at radius 3 is 2.08 bits per heavy atom. The zero-order valence-corrected chi connectivity index (χ0v) is 33.1. The Morgan fingerprint density at radius 1 is 0.694 bits per heavy atom. The first-order valence-corrected chi connectivity index (χ1v) is 20.2. The molecule has 0 aliphatic carbocycles. The molecule has 0 saturated carbocycles. The van der Waals surface area contributed by atoms with Crippen molar-refractivity contribution in [2.75, 3.05) is 0 Å². The van der Waals surface area contributed by atoms with Crippen LogP contribution in [0.3, 0.4) is 0 Å². The molecule has 3 heterocycles. The molecular formula is C44H44IrN2OSi-2. The number of pyridine rings is 2. The molecule has 7 aromatic rings. The molecular weight excluding hydrogens is 793 g/mol. The van der Waals surface area contributed by atoms with Crippen molar-refractivity contribution < 1.29 is 24.5 Å².